The molecule has 0 aliphatic carbocycles. The van der Waals surface area contributed by atoms with Crippen LogP contribution < -0.4 is 10.2 Å². The average molecular weight is 254 g/mol. The summed E-state index contributed by atoms with van der Waals surface area (Å²) >= 11 is 0. The summed E-state index contributed by atoms with van der Waals surface area (Å²) in [6.45, 7) is 2.60. The Balaban J connectivity index is 2.25. The van der Waals surface area contributed by atoms with E-state index in [9.17, 15) is 4.79 Å². The maximum atomic E-state index is 11.7. The van der Waals surface area contributed by atoms with E-state index in [1.807, 2.05) is 49.4 Å². The molecule has 3 nitrogen and oxygen atoms in total. The number of rotatable bonds is 3. The summed E-state index contributed by atoms with van der Waals surface area (Å²) in [5.74, 6) is 0. The van der Waals surface area contributed by atoms with Crippen molar-refractivity contribution in [3.8, 4) is 11.1 Å². The van der Waals surface area contributed by atoms with Crippen LogP contribution in [-0.2, 0) is 0 Å². The second kappa shape index (κ2) is 6.05. The van der Waals surface area contributed by atoms with Crippen molar-refractivity contribution in [2.45, 2.75) is 6.92 Å². The van der Waals surface area contributed by atoms with Crippen LogP contribution in [-0.4, -0.2) is 19.6 Å². The lowest BCUT2D eigenvalue weighted by atomic mass is 10.1. The smallest absolute Gasteiger partial charge is 0.321 e. The number of carbonyl (C=O) groups is 1. The Morgan fingerprint density at radius 2 is 1.58 bits per heavy atom. The molecule has 0 aliphatic rings. The van der Waals surface area contributed by atoms with Gasteiger partial charge in [-0.2, -0.15) is 0 Å². The van der Waals surface area contributed by atoms with Gasteiger partial charge in [-0.15, -0.1) is 0 Å². The van der Waals surface area contributed by atoms with Crippen molar-refractivity contribution >= 4 is 11.7 Å². The highest BCUT2D eigenvalue weighted by Crippen LogP contribution is 2.22. The molecule has 0 saturated heterocycles. The standard InChI is InChI=1S/C16H18N2O/c1-3-18(16(19)17-2)15-11-9-14(10-12-15)13-7-5-4-6-8-13/h4-12H,3H2,1-2H3,(H,17,19). The van der Waals surface area contributed by atoms with E-state index in [2.05, 4.69) is 17.4 Å². The predicted octanol–water partition coefficient (Wildman–Crippen LogP) is 3.52. The van der Waals surface area contributed by atoms with Crippen molar-refractivity contribution in [2.24, 2.45) is 0 Å². The van der Waals surface area contributed by atoms with Crippen LogP contribution in [0.4, 0.5) is 10.5 Å². The van der Waals surface area contributed by atoms with Crippen LogP contribution in [0.15, 0.2) is 54.6 Å². The van der Waals surface area contributed by atoms with Crippen LogP contribution in [0.1, 0.15) is 6.92 Å². The number of nitrogens with zero attached hydrogens (tertiary/aromatic N) is 1. The first-order valence-corrected chi connectivity index (χ1v) is 6.41. The number of anilines is 1. The molecule has 0 radical (unpaired) electrons. The van der Waals surface area contributed by atoms with E-state index in [0.29, 0.717) is 6.54 Å². The van der Waals surface area contributed by atoms with Crippen LogP contribution in [0, 0.1) is 0 Å². The minimum Gasteiger partial charge on any atom is -0.341 e. The molecule has 0 atom stereocenters. The first-order valence-electron chi connectivity index (χ1n) is 6.41. The molecular formula is C16H18N2O. The van der Waals surface area contributed by atoms with E-state index in [1.165, 1.54) is 5.56 Å². The molecule has 0 heterocycles. The Bertz CT molecular complexity index is 534. The third-order valence-electron chi connectivity index (χ3n) is 3.06. The molecule has 2 amide bonds. The third kappa shape index (κ3) is 2.94. The first kappa shape index (κ1) is 13.1. The van der Waals surface area contributed by atoms with Crippen molar-refractivity contribution in [2.75, 3.05) is 18.5 Å². The van der Waals surface area contributed by atoms with E-state index in [0.717, 1.165) is 11.3 Å². The van der Waals surface area contributed by atoms with Gasteiger partial charge in [-0.3, -0.25) is 4.90 Å². The summed E-state index contributed by atoms with van der Waals surface area (Å²) < 4.78 is 0. The van der Waals surface area contributed by atoms with Crippen molar-refractivity contribution < 1.29 is 4.79 Å². The normalized spacial score (nSPS) is 10.0. The third-order valence-corrected chi connectivity index (χ3v) is 3.06. The Morgan fingerprint density at radius 1 is 1.00 bits per heavy atom. The monoisotopic (exact) mass is 254 g/mol. The summed E-state index contributed by atoms with van der Waals surface area (Å²) in [5, 5.41) is 2.65. The molecule has 1 N–H and O–H groups in total. The Hall–Kier alpha value is -2.29. The van der Waals surface area contributed by atoms with Crippen LogP contribution in [0.3, 0.4) is 0 Å². The van der Waals surface area contributed by atoms with Gasteiger partial charge in [-0.05, 0) is 30.2 Å². The van der Waals surface area contributed by atoms with Crippen molar-refractivity contribution in [1.82, 2.24) is 5.32 Å². The number of amides is 2. The van der Waals surface area contributed by atoms with Crippen molar-refractivity contribution in [1.29, 1.82) is 0 Å². The van der Waals surface area contributed by atoms with Gasteiger partial charge in [0.1, 0.15) is 0 Å². The molecule has 0 aliphatic heterocycles. The molecule has 3 heteroatoms. The van der Waals surface area contributed by atoms with Gasteiger partial charge in [0.2, 0.25) is 0 Å². The highest BCUT2D eigenvalue weighted by molar-refractivity contribution is 5.92. The molecule has 2 aromatic carbocycles. The molecule has 98 valence electrons. The zero-order chi connectivity index (χ0) is 13.7. The molecular weight excluding hydrogens is 236 g/mol. The molecule has 0 fully saturated rings. The van der Waals surface area contributed by atoms with E-state index < -0.39 is 0 Å². The summed E-state index contributed by atoms with van der Waals surface area (Å²) in [4.78, 5) is 13.4. The minimum atomic E-state index is -0.0880. The summed E-state index contributed by atoms with van der Waals surface area (Å²) in [6.07, 6.45) is 0. The number of benzene rings is 2. The van der Waals surface area contributed by atoms with Crippen LogP contribution in [0.5, 0.6) is 0 Å². The quantitative estimate of drug-likeness (QED) is 0.893. The zero-order valence-electron chi connectivity index (χ0n) is 11.3. The van der Waals surface area contributed by atoms with Crippen molar-refractivity contribution in [3.63, 3.8) is 0 Å². The van der Waals surface area contributed by atoms with Gasteiger partial charge in [0.25, 0.3) is 0 Å². The Kier molecular flexibility index (Phi) is 4.18. The van der Waals surface area contributed by atoms with Crippen LogP contribution >= 0.6 is 0 Å². The number of carbonyl (C=O) groups excluding carboxylic acids is 1. The average Bonchev–Trinajstić information content (AvgIpc) is 2.49. The lowest BCUT2D eigenvalue weighted by molar-refractivity contribution is 0.248. The summed E-state index contributed by atoms with van der Waals surface area (Å²) in [6, 6.07) is 18.1. The lowest BCUT2D eigenvalue weighted by Gasteiger charge is -2.20. The predicted molar refractivity (Wildman–Crippen MR) is 79.4 cm³/mol. The van der Waals surface area contributed by atoms with Crippen LogP contribution in [0.2, 0.25) is 0 Å². The van der Waals surface area contributed by atoms with Crippen LogP contribution in [0.25, 0.3) is 11.1 Å². The van der Waals surface area contributed by atoms with Gasteiger partial charge >= 0.3 is 6.03 Å². The van der Waals surface area contributed by atoms with E-state index in [1.54, 1.807) is 11.9 Å². The van der Waals surface area contributed by atoms with E-state index in [-0.39, 0.29) is 6.03 Å². The first-order chi connectivity index (χ1) is 9.26. The fourth-order valence-corrected chi connectivity index (χ4v) is 2.04. The molecule has 0 saturated carbocycles. The van der Waals surface area contributed by atoms with Crippen molar-refractivity contribution in [3.05, 3.63) is 54.6 Å². The highest BCUT2D eigenvalue weighted by Gasteiger charge is 2.11. The Morgan fingerprint density at radius 3 is 2.11 bits per heavy atom. The van der Waals surface area contributed by atoms with Gasteiger partial charge in [0.15, 0.2) is 0 Å². The molecule has 0 bridgehead atoms. The summed E-state index contributed by atoms with van der Waals surface area (Å²) in [7, 11) is 1.64. The SMILES string of the molecule is CCN(C(=O)NC)c1ccc(-c2ccccc2)cc1. The van der Waals surface area contributed by atoms with Gasteiger partial charge in [-0.1, -0.05) is 42.5 Å². The number of hydrogen-bond acceptors (Lipinski definition) is 1. The summed E-state index contributed by atoms with van der Waals surface area (Å²) in [5.41, 5.74) is 3.23. The second-order valence-corrected chi connectivity index (χ2v) is 4.21. The molecule has 19 heavy (non-hydrogen) atoms. The van der Waals surface area contributed by atoms with E-state index in [4.69, 9.17) is 0 Å². The second-order valence-electron chi connectivity index (χ2n) is 4.21. The molecule has 0 unspecified atom stereocenters. The molecule has 2 rings (SSSR count). The Labute approximate surface area is 113 Å². The van der Waals surface area contributed by atoms with E-state index >= 15 is 0 Å². The maximum absolute atomic E-state index is 11.7. The molecule has 0 spiro atoms. The van der Waals surface area contributed by atoms with Gasteiger partial charge < -0.3 is 5.32 Å². The van der Waals surface area contributed by atoms with Gasteiger partial charge in [0.05, 0.1) is 0 Å². The lowest BCUT2D eigenvalue weighted by Crippen LogP contribution is -2.37. The fraction of sp³-hybridized carbons (Fsp3) is 0.188. The number of urea groups is 1. The van der Waals surface area contributed by atoms with Gasteiger partial charge in [0, 0.05) is 19.3 Å². The van der Waals surface area contributed by atoms with Gasteiger partial charge in [-0.25, -0.2) is 4.79 Å². The zero-order valence-corrected chi connectivity index (χ0v) is 11.3. The topological polar surface area (TPSA) is 32.3 Å². The largest absolute Gasteiger partial charge is 0.341 e. The fourth-order valence-electron chi connectivity index (χ4n) is 2.04. The number of nitrogens with one attached hydrogen (secondary N) is 1. The maximum Gasteiger partial charge on any atom is 0.321 e. The molecule has 0 aromatic heterocycles. The highest BCUT2D eigenvalue weighted by atomic mass is 16.2. The molecule has 2 aromatic rings. The minimum absolute atomic E-state index is 0.0880. The number of hydrogen-bond donors (Lipinski definition) is 1.